The molecule has 21 heavy (non-hydrogen) atoms. The molecule has 1 aromatic carbocycles. The lowest BCUT2D eigenvalue weighted by molar-refractivity contribution is 0.548. The van der Waals surface area contributed by atoms with Crippen LogP contribution < -0.4 is 5.43 Å². The van der Waals surface area contributed by atoms with E-state index in [0.717, 1.165) is 33.5 Å². The zero-order valence-corrected chi connectivity index (χ0v) is 12.6. The lowest BCUT2D eigenvalue weighted by Gasteiger charge is -1.98. The number of hydrogen-bond acceptors (Lipinski definition) is 5. The number of aryl methyl sites for hydroxylation is 2. The topological polar surface area (TPSA) is 50.4 Å². The predicted octanol–water partition coefficient (Wildman–Crippen LogP) is 4.47. The van der Waals surface area contributed by atoms with Crippen LogP contribution in [0.25, 0.3) is 11.3 Å². The molecule has 3 rings (SSSR count). The van der Waals surface area contributed by atoms with Gasteiger partial charge in [-0.3, -0.25) is 5.43 Å². The van der Waals surface area contributed by atoms with E-state index < -0.39 is 0 Å². The third-order valence-corrected chi connectivity index (χ3v) is 3.79. The average molecular weight is 297 g/mol. The van der Waals surface area contributed by atoms with Crippen molar-refractivity contribution in [3.8, 4) is 11.3 Å². The molecule has 0 bridgehead atoms. The van der Waals surface area contributed by atoms with E-state index in [1.165, 1.54) is 11.3 Å². The van der Waals surface area contributed by atoms with E-state index in [1.807, 2.05) is 55.6 Å². The van der Waals surface area contributed by atoms with Crippen molar-refractivity contribution in [2.75, 3.05) is 5.43 Å². The van der Waals surface area contributed by atoms with E-state index in [0.29, 0.717) is 0 Å². The van der Waals surface area contributed by atoms with Gasteiger partial charge in [-0.25, -0.2) is 4.98 Å². The normalized spacial score (nSPS) is 11.1. The molecule has 2 heterocycles. The van der Waals surface area contributed by atoms with Crippen molar-refractivity contribution in [3.63, 3.8) is 0 Å². The number of furan rings is 1. The number of rotatable bonds is 4. The van der Waals surface area contributed by atoms with Crippen LogP contribution in [0.15, 0.2) is 51.3 Å². The Morgan fingerprint density at radius 1 is 1.14 bits per heavy atom. The first-order valence-corrected chi connectivity index (χ1v) is 7.47. The largest absolute Gasteiger partial charge is 0.461 e. The van der Waals surface area contributed by atoms with Gasteiger partial charge in [-0.15, -0.1) is 11.3 Å². The maximum atomic E-state index is 5.60. The van der Waals surface area contributed by atoms with Gasteiger partial charge in [-0.05, 0) is 31.5 Å². The van der Waals surface area contributed by atoms with Gasteiger partial charge >= 0.3 is 0 Å². The first-order chi connectivity index (χ1) is 10.2. The van der Waals surface area contributed by atoms with E-state index in [1.54, 1.807) is 6.21 Å². The van der Waals surface area contributed by atoms with Crippen molar-refractivity contribution < 1.29 is 4.42 Å². The summed E-state index contributed by atoms with van der Waals surface area (Å²) in [6.45, 7) is 3.90. The highest BCUT2D eigenvalue weighted by molar-refractivity contribution is 7.13. The maximum absolute atomic E-state index is 5.60. The smallest absolute Gasteiger partial charge is 0.203 e. The van der Waals surface area contributed by atoms with Gasteiger partial charge in [0, 0.05) is 10.9 Å². The molecule has 0 amide bonds. The summed E-state index contributed by atoms with van der Waals surface area (Å²) in [6, 6.07) is 12.0. The molecule has 0 saturated carbocycles. The molecular weight excluding hydrogens is 282 g/mol. The number of hydrogen-bond donors (Lipinski definition) is 1. The Hall–Kier alpha value is -2.40. The number of aromatic nitrogens is 1. The third-order valence-electron chi connectivity index (χ3n) is 2.93. The SMILES string of the molecule is Cc1csc(NN=Cc2ccc(-c3ccc(C)o3)cc2)n1. The van der Waals surface area contributed by atoms with Gasteiger partial charge in [0.1, 0.15) is 11.5 Å². The fourth-order valence-corrected chi connectivity index (χ4v) is 2.53. The zero-order chi connectivity index (χ0) is 14.7. The summed E-state index contributed by atoms with van der Waals surface area (Å²) in [5.41, 5.74) is 5.99. The Labute approximate surface area is 127 Å². The lowest BCUT2D eigenvalue weighted by Crippen LogP contribution is -1.90. The molecule has 0 aliphatic heterocycles. The van der Waals surface area contributed by atoms with Crippen molar-refractivity contribution in [2.24, 2.45) is 5.10 Å². The first-order valence-electron chi connectivity index (χ1n) is 6.59. The highest BCUT2D eigenvalue weighted by atomic mass is 32.1. The Balaban J connectivity index is 1.66. The minimum Gasteiger partial charge on any atom is -0.461 e. The minimum absolute atomic E-state index is 0.798. The van der Waals surface area contributed by atoms with E-state index >= 15 is 0 Å². The molecule has 0 atom stereocenters. The molecule has 0 aliphatic carbocycles. The molecule has 4 nitrogen and oxygen atoms in total. The van der Waals surface area contributed by atoms with Gasteiger partial charge in [0.25, 0.3) is 0 Å². The van der Waals surface area contributed by atoms with Gasteiger partial charge in [0.15, 0.2) is 0 Å². The van der Waals surface area contributed by atoms with Crippen molar-refractivity contribution in [1.29, 1.82) is 0 Å². The molecule has 2 aromatic heterocycles. The summed E-state index contributed by atoms with van der Waals surface area (Å²) in [4.78, 5) is 4.28. The van der Waals surface area contributed by atoms with E-state index in [9.17, 15) is 0 Å². The molecule has 106 valence electrons. The maximum Gasteiger partial charge on any atom is 0.203 e. The lowest BCUT2D eigenvalue weighted by atomic mass is 10.1. The molecule has 3 aromatic rings. The molecule has 0 spiro atoms. The van der Waals surface area contributed by atoms with Crippen LogP contribution in [0, 0.1) is 13.8 Å². The van der Waals surface area contributed by atoms with Gasteiger partial charge < -0.3 is 4.42 Å². The molecule has 1 N–H and O–H groups in total. The van der Waals surface area contributed by atoms with Crippen LogP contribution in [0.1, 0.15) is 17.0 Å². The molecule has 0 saturated heterocycles. The van der Waals surface area contributed by atoms with Gasteiger partial charge in [-0.1, -0.05) is 24.3 Å². The number of anilines is 1. The first kappa shape index (κ1) is 13.6. The van der Waals surface area contributed by atoms with Crippen LogP contribution >= 0.6 is 11.3 Å². The van der Waals surface area contributed by atoms with Crippen molar-refractivity contribution in [3.05, 3.63) is 58.8 Å². The van der Waals surface area contributed by atoms with Crippen LogP contribution in [-0.4, -0.2) is 11.2 Å². The number of nitrogens with one attached hydrogen (secondary N) is 1. The zero-order valence-electron chi connectivity index (χ0n) is 11.8. The van der Waals surface area contributed by atoms with Crippen LogP contribution in [0.2, 0.25) is 0 Å². The van der Waals surface area contributed by atoms with Crippen LogP contribution in [0.5, 0.6) is 0 Å². The number of benzene rings is 1. The summed E-state index contributed by atoms with van der Waals surface area (Å²) >= 11 is 1.54. The highest BCUT2D eigenvalue weighted by Crippen LogP contribution is 2.21. The third kappa shape index (κ3) is 3.38. The quantitative estimate of drug-likeness (QED) is 0.571. The van der Waals surface area contributed by atoms with Crippen molar-refractivity contribution in [2.45, 2.75) is 13.8 Å². The Morgan fingerprint density at radius 3 is 2.57 bits per heavy atom. The second-order valence-corrected chi connectivity index (χ2v) is 5.55. The Kier molecular flexibility index (Phi) is 3.83. The monoisotopic (exact) mass is 297 g/mol. The predicted molar refractivity (Wildman–Crippen MR) is 86.9 cm³/mol. The fourth-order valence-electron chi connectivity index (χ4n) is 1.89. The van der Waals surface area contributed by atoms with Crippen molar-refractivity contribution in [1.82, 2.24) is 4.98 Å². The van der Waals surface area contributed by atoms with Gasteiger partial charge in [0.2, 0.25) is 5.13 Å². The van der Waals surface area contributed by atoms with Crippen molar-refractivity contribution >= 4 is 22.7 Å². The standard InChI is InChI=1S/C16H15N3OS/c1-11-10-21-16(18-11)19-17-9-13-4-6-14(7-5-13)15-8-3-12(2)20-15/h3-10H,1-2H3,(H,18,19). The number of nitrogens with zero attached hydrogens (tertiary/aromatic N) is 2. The fraction of sp³-hybridized carbons (Fsp3) is 0.125. The van der Waals surface area contributed by atoms with E-state index in [-0.39, 0.29) is 0 Å². The molecule has 0 unspecified atom stereocenters. The minimum atomic E-state index is 0.798. The highest BCUT2D eigenvalue weighted by Gasteiger charge is 2.01. The average Bonchev–Trinajstić information content (AvgIpc) is 3.09. The summed E-state index contributed by atoms with van der Waals surface area (Å²) < 4.78 is 5.60. The summed E-state index contributed by atoms with van der Waals surface area (Å²) in [5.74, 6) is 1.80. The number of thiazole rings is 1. The van der Waals surface area contributed by atoms with Gasteiger partial charge in [0.05, 0.1) is 11.9 Å². The van der Waals surface area contributed by atoms with Gasteiger partial charge in [-0.2, -0.15) is 5.10 Å². The summed E-state index contributed by atoms with van der Waals surface area (Å²) in [5, 5.41) is 6.96. The van der Waals surface area contributed by atoms with E-state index in [4.69, 9.17) is 4.42 Å². The Bertz CT molecular complexity index is 756. The molecular formula is C16H15N3OS. The second kappa shape index (κ2) is 5.93. The molecule has 5 heteroatoms. The molecule has 0 radical (unpaired) electrons. The molecule has 0 aliphatic rings. The van der Waals surface area contributed by atoms with Crippen LogP contribution in [0.4, 0.5) is 5.13 Å². The van der Waals surface area contributed by atoms with Crippen LogP contribution in [-0.2, 0) is 0 Å². The second-order valence-electron chi connectivity index (χ2n) is 4.70. The molecule has 0 fully saturated rings. The Morgan fingerprint density at radius 2 is 1.95 bits per heavy atom. The van der Waals surface area contributed by atoms with Crippen LogP contribution in [0.3, 0.4) is 0 Å². The summed E-state index contributed by atoms with van der Waals surface area (Å²) in [7, 11) is 0. The van der Waals surface area contributed by atoms with E-state index in [2.05, 4.69) is 15.5 Å². The number of hydrazone groups is 1. The summed E-state index contributed by atoms with van der Waals surface area (Å²) in [6.07, 6.45) is 1.77.